The fourth-order valence-electron chi connectivity index (χ4n) is 2.53. The van der Waals surface area contributed by atoms with E-state index >= 15 is 0 Å². The highest BCUT2D eigenvalue weighted by Gasteiger charge is 2.45. The first-order chi connectivity index (χ1) is 7.92. The van der Waals surface area contributed by atoms with E-state index in [-0.39, 0.29) is 18.6 Å². The maximum atomic E-state index is 12.8. The van der Waals surface area contributed by atoms with Crippen LogP contribution in [0.3, 0.4) is 0 Å². The molecule has 0 amide bonds. The molecular weight excluding hydrogens is 233 g/mol. The highest BCUT2D eigenvalue weighted by Crippen LogP contribution is 2.32. The Hall–Kier alpha value is -0.330. The first kappa shape index (κ1) is 13.1. The van der Waals surface area contributed by atoms with E-state index in [0.29, 0.717) is 26.3 Å². The fourth-order valence-corrected chi connectivity index (χ4v) is 2.53. The maximum absolute atomic E-state index is 12.8. The standard InChI is InChI=1S/C11H19F3N2O/c1-10(2-5-17-8-10)16-4-3-15-6-9(7-16)11(12,13)14/h9,15H,2-8H2,1H3. The van der Waals surface area contributed by atoms with Crippen LogP contribution >= 0.6 is 0 Å². The lowest BCUT2D eigenvalue weighted by molar-refractivity contribution is -0.178. The minimum atomic E-state index is -4.12. The lowest BCUT2D eigenvalue weighted by Gasteiger charge is -2.38. The SMILES string of the molecule is CC1(N2CCNCC(C(F)(F)F)C2)CCOC1. The molecule has 1 N–H and O–H groups in total. The highest BCUT2D eigenvalue weighted by atomic mass is 19.4. The second-order valence-corrected chi connectivity index (χ2v) is 5.19. The zero-order chi connectivity index (χ0) is 12.5. The van der Waals surface area contributed by atoms with Gasteiger partial charge in [-0.2, -0.15) is 13.2 Å². The van der Waals surface area contributed by atoms with Crippen molar-refractivity contribution in [3.63, 3.8) is 0 Å². The summed E-state index contributed by atoms with van der Waals surface area (Å²) >= 11 is 0. The molecule has 0 saturated carbocycles. The summed E-state index contributed by atoms with van der Waals surface area (Å²) in [5.74, 6) is -1.28. The average molecular weight is 252 g/mol. The van der Waals surface area contributed by atoms with Gasteiger partial charge in [-0.05, 0) is 13.3 Å². The zero-order valence-corrected chi connectivity index (χ0v) is 10.0. The van der Waals surface area contributed by atoms with Gasteiger partial charge in [-0.15, -0.1) is 0 Å². The Morgan fingerprint density at radius 1 is 1.41 bits per heavy atom. The lowest BCUT2D eigenvalue weighted by Crippen LogP contribution is -2.51. The van der Waals surface area contributed by atoms with Gasteiger partial charge >= 0.3 is 6.18 Å². The molecule has 0 aromatic heterocycles. The third kappa shape index (κ3) is 2.92. The summed E-state index contributed by atoms with van der Waals surface area (Å²) in [6, 6.07) is 0. The van der Waals surface area contributed by atoms with Crippen LogP contribution in [0, 0.1) is 5.92 Å². The van der Waals surface area contributed by atoms with Crippen molar-refractivity contribution in [3.05, 3.63) is 0 Å². The third-order valence-electron chi connectivity index (χ3n) is 3.81. The van der Waals surface area contributed by atoms with Crippen LogP contribution in [-0.2, 0) is 4.74 Å². The van der Waals surface area contributed by atoms with E-state index in [1.807, 2.05) is 11.8 Å². The first-order valence-corrected chi connectivity index (χ1v) is 6.02. The second kappa shape index (κ2) is 4.74. The van der Waals surface area contributed by atoms with Crippen LogP contribution in [0.2, 0.25) is 0 Å². The molecule has 2 atom stereocenters. The third-order valence-corrected chi connectivity index (χ3v) is 3.81. The molecule has 3 nitrogen and oxygen atoms in total. The maximum Gasteiger partial charge on any atom is 0.394 e. The molecule has 2 heterocycles. The van der Waals surface area contributed by atoms with Gasteiger partial charge in [-0.3, -0.25) is 4.90 Å². The van der Waals surface area contributed by atoms with Crippen molar-refractivity contribution in [1.29, 1.82) is 0 Å². The molecule has 0 spiro atoms. The van der Waals surface area contributed by atoms with Gasteiger partial charge in [0, 0.05) is 38.3 Å². The summed E-state index contributed by atoms with van der Waals surface area (Å²) in [6.45, 7) is 4.56. The molecule has 2 saturated heterocycles. The summed E-state index contributed by atoms with van der Waals surface area (Å²) in [7, 11) is 0. The predicted molar refractivity (Wildman–Crippen MR) is 57.8 cm³/mol. The molecule has 6 heteroatoms. The van der Waals surface area contributed by atoms with Crippen LogP contribution in [0.25, 0.3) is 0 Å². The molecular formula is C11H19F3N2O. The Morgan fingerprint density at radius 2 is 2.18 bits per heavy atom. The Kier molecular flexibility index (Phi) is 3.66. The molecule has 100 valence electrons. The van der Waals surface area contributed by atoms with E-state index in [0.717, 1.165) is 6.42 Å². The molecule has 0 aromatic rings. The number of alkyl halides is 3. The predicted octanol–water partition coefficient (Wildman–Crippen LogP) is 1.25. The van der Waals surface area contributed by atoms with Gasteiger partial charge in [-0.25, -0.2) is 0 Å². The van der Waals surface area contributed by atoms with Crippen molar-refractivity contribution in [2.45, 2.75) is 25.1 Å². The molecule has 2 aliphatic rings. The highest BCUT2D eigenvalue weighted by molar-refractivity contribution is 4.93. The molecule has 17 heavy (non-hydrogen) atoms. The summed E-state index contributed by atoms with van der Waals surface area (Å²) < 4.78 is 43.8. The normalized spacial score (nSPS) is 37.1. The van der Waals surface area contributed by atoms with Crippen molar-refractivity contribution < 1.29 is 17.9 Å². The van der Waals surface area contributed by atoms with Gasteiger partial charge in [0.15, 0.2) is 0 Å². The molecule has 2 aliphatic heterocycles. The topological polar surface area (TPSA) is 24.5 Å². The molecule has 2 unspecified atom stereocenters. The largest absolute Gasteiger partial charge is 0.394 e. The number of hydrogen-bond acceptors (Lipinski definition) is 3. The van der Waals surface area contributed by atoms with Gasteiger partial charge < -0.3 is 10.1 Å². The number of hydrogen-bond donors (Lipinski definition) is 1. The number of ether oxygens (including phenoxy) is 1. The summed E-state index contributed by atoms with van der Waals surface area (Å²) in [5, 5.41) is 2.87. The van der Waals surface area contributed by atoms with Crippen molar-refractivity contribution >= 4 is 0 Å². The van der Waals surface area contributed by atoms with Gasteiger partial charge in [0.1, 0.15) is 0 Å². The quantitative estimate of drug-likeness (QED) is 0.760. The van der Waals surface area contributed by atoms with Crippen LogP contribution in [-0.4, -0.2) is 56.0 Å². The summed E-state index contributed by atoms with van der Waals surface area (Å²) in [5.41, 5.74) is -0.227. The van der Waals surface area contributed by atoms with Crippen LogP contribution in [0.1, 0.15) is 13.3 Å². The van der Waals surface area contributed by atoms with E-state index in [1.165, 1.54) is 0 Å². The molecule has 0 radical (unpaired) electrons. The van der Waals surface area contributed by atoms with Crippen molar-refractivity contribution in [2.24, 2.45) is 5.92 Å². The van der Waals surface area contributed by atoms with Gasteiger partial charge in [0.05, 0.1) is 12.5 Å². The van der Waals surface area contributed by atoms with Crippen LogP contribution < -0.4 is 5.32 Å². The Morgan fingerprint density at radius 3 is 2.76 bits per heavy atom. The number of nitrogens with one attached hydrogen (secondary N) is 1. The summed E-state index contributed by atoms with van der Waals surface area (Å²) in [4.78, 5) is 1.94. The Balaban J connectivity index is 2.07. The van der Waals surface area contributed by atoms with Crippen LogP contribution in [0.5, 0.6) is 0 Å². The van der Waals surface area contributed by atoms with Crippen LogP contribution in [0.15, 0.2) is 0 Å². The van der Waals surface area contributed by atoms with Gasteiger partial charge in [0.2, 0.25) is 0 Å². The van der Waals surface area contributed by atoms with E-state index in [4.69, 9.17) is 4.74 Å². The van der Waals surface area contributed by atoms with E-state index in [9.17, 15) is 13.2 Å². The second-order valence-electron chi connectivity index (χ2n) is 5.19. The lowest BCUT2D eigenvalue weighted by atomic mass is 9.97. The van der Waals surface area contributed by atoms with Crippen molar-refractivity contribution in [1.82, 2.24) is 10.2 Å². The van der Waals surface area contributed by atoms with Crippen LogP contribution in [0.4, 0.5) is 13.2 Å². The Bertz CT molecular complexity index is 264. The Labute approximate surface area is 99.3 Å². The smallest absolute Gasteiger partial charge is 0.379 e. The summed E-state index contributed by atoms with van der Waals surface area (Å²) in [6.07, 6.45) is -3.30. The molecule has 2 rings (SSSR count). The molecule has 0 aromatic carbocycles. The minimum Gasteiger partial charge on any atom is -0.379 e. The molecule has 0 aliphatic carbocycles. The monoisotopic (exact) mass is 252 g/mol. The van der Waals surface area contributed by atoms with Gasteiger partial charge in [-0.1, -0.05) is 0 Å². The fraction of sp³-hybridized carbons (Fsp3) is 1.00. The number of rotatable bonds is 1. The average Bonchev–Trinajstić information content (AvgIpc) is 2.54. The minimum absolute atomic E-state index is 0.0247. The van der Waals surface area contributed by atoms with Crippen molar-refractivity contribution in [3.8, 4) is 0 Å². The van der Waals surface area contributed by atoms with Crippen molar-refractivity contribution in [2.75, 3.05) is 39.4 Å². The number of nitrogens with zero attached hydrogens (tertiary/aromatic N) is 1. The van der Waals surface area contributed by atoms with E-state index in [2.05, 4.69) is 5.32 Å². The molecule has 0 bridgehead atoms. The first-order valence-electron chi connectivity index (χ1n) is 6.02. The van der Waals surface area contributed by atoms with Gasteiger partial charge in [0.25, 0.3) is 0 Å². The zero-order valence-electron chi connectivity index (χ0n) is 10.0. The van der Waals surface area contributed by atoms with E-state index < -0.39 is 12.1 Å². The number of halogens is 3. The van der Waals surface area contributed by atoms with E-state index in [1.54, 1.807) is 0 Å². The molecule has 2 fully saturated rings.